The summed E-state index contributed by atoms with van der Waals surface area (Å²) >= 11 is 0. The Bertz CT molecular complexity index is 1090. The van der Waals surface area contributed by atoms with Gasteiger partial charge in [-0.3, -0.25) is 14.1 Å². The maximum absolute atomic E-state index is 12.4. The Hall–Kier alpha value is -1.72. The van der Waals surface area contributed by atoms with Crippen molar-refractivity contribution < 1.29 is 67.8 Å². The molecular weight excluding hydrogens is 544 g/mol. The molecule has 0 amide bonds. The van der Waals surface area contributed by atoms with Crippen molar-refractivity contribution >= 4 is 27.2 Å². The number of aliphatic hydroxyl groups excluding tert-OH is 5. The third-order valence-electron chi connectivity index (χ3n) is 6.03. The van der Waals surface area contributed by atoms with Crippen LogP contribution in [0.25, 0.3) is 0 Å². The van der Waals surface area contributed by atoms with Crippen LogP contribution in [-0.4, -0.2) is 142 Å². The highest BCUT2D eigenvalue weighted by atomic mass is 31.3. The molecule has 17 nitrogen and oxygen atoms in total. The summed E-state index contributed by atoms with van der Waals surface area (Å²) in [5.41, 5.74) is 1.89. The second-order valence-corrected chi connectivity index (χ2v) is 11.7. The number of carbonyl (C=O) groups is 2. The number of phosphoric acid groups is 2. The van der Waals surface area contributed by atoms with Crippen LogP contribution in [0.5, 0.6) is 0 Å². The highest BCUT2D eigenvalue weighted by molar-refractivity contribution is 7.60. The zero-order valence-electron chi connectivity index (χ0n) is 19.0. The van der Waals surface area contributed by atoms with E-state index in [0.717, 1.165) is 39.3 Å². The summed E-state index contributed by atoms with van der Waals surface area (Å²) in [6.45, 7) is 5.41. The molecule has 3 saturated heterocycles. The van der Waals surface area contributed by atoms with Crippen LogP contribution in [-0.2, 0) is 27.6 Å². The number of hydrogen-bond acceptors (Lipinski definition) is 14. The maximum Gasteiger partial charge on any atom is 0.481 e. The minimum Gasteiger partial charge on any atom is -0.387 e. The first-order chi connectivity index (χ1) is 17.1. The number of rotatable bonds is 7. The van der Waals surface area contributed by atoms with E-state index in [1.807, 2.05) is 14.7 Å². The lowest BCUT2D eigenvalue weighted by Crippen LogP contribution is -2.64. The van der Waals surface area contributed by atoms with E-state index in [4.69, 9.17) is 14.7 Å². The first-order valence-corrected chi connectivity index (χ1v) is 14.1. The molecule has 1 saturated carbocycles. The van der Waals surface area contributed by atoms with Gasteiger partial charge in [-0.2, -0.15) is 4.31 Å². The van der Waals surface area contributed by atoms with Gasteiger partial charge < -0.3 is 54.9 Å². The highest BCUT2D eigenvalue weighted by Crippen LogP contribution is 2.58. The third-order valence-corrected chi connectivity index (χ3v) is 8.21. The van der Waals surface area contributed by atoms with Crippen LogP contribution in [0.15, 0.2) is 23.2 Å². The predicted octanol–water partition coefficient (Wildman–Crippen LogP) is -4.42. The van der Waals surface area contributed by atoms with E-state index in [0.29, 0.717) is 17.1 Å². The summed E-state index contributed by atoms with van der Waals surface area (Å²) < 4.78 is 29.2. The van der Waals surface area contributed by atoms with Gasteiger partial charge in [-0.25, -0.2) is 9.13 Å². The monoisotopic (exact) mass is 571 g/mol. The molecule has 8 N–H and O–H groups in total. The molecule has 5 aliphatic rings. The van der Waals surface area contributed by atoms with Gasteiger partial charge in [0.2, 0.25) is 11.6 Å². The van der Waals surface area contributed by atoms with Crippen molar-refractivity contribution in [2.45, 2.75) is 36.6 Å². The number of hydrogen-bond donors (Lipinski definition) is 8. The molecule has 19 heteroatoms. The van der Waals surface area contributed by atoms with E-state index in [1.54, 1.807) is 0 Å². The molecule has 2 aliphatic carbocycles. The molecule has 37 heavy (non-hydrogen) atoms. The molecule has 0 spiro atoms. The molecule has 5 rings (SSSR count). The Morgan fingerprint density at radius 2 is 1.14 bits per heavy atom. The second-order valence-electron chi connectivity index (χ2n) is 8.95. The zero-order valence-corrected chi connectivity index (χ0v) is 20.8. The van der Waals surface area contributed by atoms with Gasteiger partial charge in [0.1, 0.15) is 48.0 Å². The molecule has 3 aliphatic heterocycles. The van der Waals surface area contributed by atoms with Crippen molar-refractivity contribution in [3.63, 3.8) is 0 Å². The van der Waals surface area contributed by atoms with Crippen LogP contribution in [0.4, 0.5) is 0 Å². The number of allylic oxidation sites excluding steroid dienone is 1. The first-order valence-electron chi connectivity index (χ1n) is 11.1. The first kappa shape index (κ1) is 28.3. The fourth-order valence-electron chi connectivity index (χ4n) is 3.90. The summed E-state index contributed by atoms with van der Waals surface area (Å²) in [4.78, 5) is 56.3. The van der Waals surface area contributed by atoms with Crippen LogP contribution in [0.3, 0.4) is 0 Å². The number of aliphatic hydroxyl groups is 5. The highest BCUT2D eigenvalue weighted by Gasteiger charge is 2.52. The number of carbonyl (C=O) groups excluding carboxylic acids is 2. The summed E-state index contributed by atoms with van der Waals surface area (Å²) in [6, 6.07) is 0. The minimum absolute atomic E-state index is 0.00546. The molecule has 4 fully saturated rings. The molecule has 0 bridgehead atoms. The lowest BCUT2D eigenvalue weighted by atomic mass is 9.85. The molecule has 0 radical (unpaired) electrons. The van der Waals surface area contributed by atoms with Crippen molar-refractivity contribution in [2.24, 2.45) is 0 Å². The lowest BCUT2D eigenvalue weighted by Gasteiger charge is -2.41. The van der Waals surface area contributed by atoms with Crippen molar-refractivity contribution in [1.82, 2.24) is 14.7 Å². The number of ketones is 2. The normalized spacial score (nSPS) is 35.0. The minimum atomic E-state index is -5.42. The molecule has 0 aromatic rings. The van der Waals surface area contributed by atoms with Gasteiger partial charge in [-0.05, 0) is 0 Å². The number of Topliss-reactive ketones (excluding diaryl/α,β-unsaturated/α-hetero) is 1. The van der Waals surface area contributed by atoms with Gasteiger partial charge >= 0.3 is 15.6 Å². The van der Waals surface area contributed by atoms with E-state index in [2.05, 4.69) is 8.83 Å². The van der Waals surface area contributed by atoms with Gasteiger partial charge in [0.25, 0.3) is 0 Å². The SMILES string of the molecule is O=C1C=C(N2CC2)C(=O)C(N2CC2)=C1N1CC1.O=P(O)(O)OP(=O)(O)O[C@@H]1[C@@H](O)[C@H](O)[C@@H](O)[C@H](O)[C@@H]1O. The molecule has 3 heterocycles. The molecular formula is C18H27N3O14P2. The van der Waals surface area contributed by atoms with E-state index < -0.39 is 52.3 Å². The van der Waals surface area contributed by atoms with Gasteiger partial charge in [0, 0.05) is 45.3 Å². The van der Waals surface area contributed by atoms with E-state index in [1.165, 1.54) is 6.08 Å². The fourth-order valence-corrected chi connectivity index (χ4v) is 5.69. The van der Waals surface area contributed by atoms with Gasteiger partial charge in [-0.1, -0.05) is 0 Å². The van der Waals surface area contributed by atoms with Crippen LogP contribution in [0.1, 0.15) is 0 Å². The average Bonchev–Trinajstić information content (AvgIpc) is 3.62. The quantitative estimate of drug-likeness (QED) is 0.0814. The van der Waals surface area contributed by atoms with Crippen LogP contribution in [0.2, 0.25) is 0 Å². The van der Waals surface area contributed by atoms with Crippen molar-refractivity contribution in [3.05, 3.63) is 23.2 Å². The third kappa shape index (κ3) is 6.47. The van der Waals surface area contributed by atoms with E-state index in [-0.39, 0.29) is 11.6 Å². The van der Waals surface area contributed by atoms with Gasteiger partial charge in [0.05, 0.1) is 5.70 Å². The number of phosphoric ester groups is 1. The summed E-state index contributed by atoms with van der Waals surface area (Å²) in [7, 11) is -10.8. The molecule has 0 aromatic carbocycles. The van der Waals surface area contributed by atoms with Crippen LogP contribution >= 0.6 is 15.6 Å². The topological polar surface area (TPSA) is 258 Å². The predicted molar refractivity (Wildman–Crippen MR) is 118 cm³/mol. The Labute approximate surface area is 209 Å². The molecule has 0 aromatic heterocycles. The van der Waals surface area contributed by atoms with Crippen molar-refractivity contribution in [1.29, 1.82) is 0 Å². The maximum atomic E-state index is 12.4. The summed E-state index contributed by atoms with van der Waals surface area (Å²) in [6.07, 6.45) is -10.9. The average molecular weight is 571 g/mol. The van der Waals surface area contributed by atoms with Gasteiger partial charge in [-0.15, -0.1) is 0 Å². The second kappa shape index (κ2) is 10.1. The fraction of sp³-hybridized carbons (Fsp3) is 0.667. The Morgan fingerprint density at radius 3 is 1.57 bits per heavy atom. The van der Waals surface area contributed by atoms with E-state index >= 15 is 0 Å². The Morgan fingerprint density at radius 1 is 0.703 bits per heavy atom. The van der Waals surface area contributed by atoms with Gasteiger partial charge in [0.15, 0.2) is 0 Å². The summed E-state index contributed by atoms with van der Waals surface area (Å²) in [5.74, 6) is 0.0485. The lowest BCUT2D eigenvalue weighted by molar-refractivity contribution is -0.219. The molecule has 208 valence electrons. The largest absolute Gasteiger partial charge is 0.481 e. The standard InChI is InChI=1S/C12H13N3O2.C6H14O12P2/c16-9-7-8(13-1-2-13)12(17)11(15-5-6-15)10(9)14-3-4-14;7-1-2(8)4(10)6(5(11)3(1)9)17-20(15,16)18-19(12,13)14/h7H,1-6H2;1-11H,(H,15,16)(H2,12,13,14)/t;1-,2-,3+,4-,5-,6-/m.0/s1. The Kier molecular flexibility index (Phi) is 7.73. The van der Waals surface area contributed by atoms with E-state index in [9.17, 15) is 44.3 Å². The summed E-state index contributed by atoms with van der Waals surface area (Å²) in [5, 5.41) is 46.8. The number of nitrogens with zero attached hydrogens (tertiary/aromatic N) is 3. The molecule has 1 unspecified atom stereocenters. The zero-order chi connectivity index (χ0) is 27.4. The smallest absolute Gasteiger partial charge is 0.387 e. The van der Waals surface area contributed by atoms with Crippen molar-refractivity contribution in [3.8, 4) is 0 Å². The van der Waals surface area contributed by atoms with Crippen LogP contribution < -0.4 is 0 Å². The molecule has 7 atom stereocenters. The Balaban J connectivity index is 0.000000174. The van der Waals surface area contributed by atoms with Crippen molar-refractivity contribution in [2.75, 3.05) is 39.3 Å². The van der Waals surface area contributed by atoms with Crippen LogP contribution in [0, 0.1) is 0 Å².